The van der Waals surface area contributed by atoms with Crippen molar-refractivity contribution in [1.29, 1.82) is 0 Å². The first-order chi connectivity index (χ1) is 14.2. The van der Waals surface area contributed by atoms with E-state index in [9.17, 15) is 9.59 Å². The highest BCUT2D eigenvalue weighted by molar-refractivity contribution is 6.92. The average molecular weight is 402 g/mol. The molecule has 0 atom stereocenters. The van der Waals surface area contributed by atoms with Gasteiger partial charge in [0.2, 0.25) is 0 Å². The molecular formula is C22H18N2O4Si. The molecule has 0 saturated carbocycles. The van der Waals surface area contributed by atoms with Crippen LogP contribution in [0.3, 0.4) is 0 Å². The fraction of sp³-hybridized carbons (Fsp3) is 0. The molecule has 0 unspecified atom stereocenters. The van der Waals surface area contributed by atoms with E-state index in [1.807, 2.05) is 60.7 Å². The third-order valence-electron chi connectivity index (χ3n) is 4.34. The highest BCUT2D eigenvalue weighted by Gasteiger charge is 2.50. The van der Waals surface area contributed by atoms with Crippen molar-refractivity contribution in [3.8, 4) is 0 Å². The van der Waals surface area contributed by atoms with E-state index in [2.05, 4.69) is 0 Å². The number of nitrogens with zero attached hydrogens (tertiary/aromatic N) is 2. The van der Waals surface area contributed by atoms with E-state index in [1.165, 1.54) is 24.5 Å². The SMILES string of the molecule is O=c1ccccn1O[Si](On1ccccc1=O)(c1ccccc1)c1ccccc1. The van der Waals surface area contributed by atoms with Gasteiger partial charge in [0.25, 0.3) is 11.1 Å². The molecule has 2 aromatic heterocycles. The zero-order chi connectivity index (χ0) is 20.1. The van der Waals surface area contributed by atoms with Crippen molar-refractivity contribution in [2.45, 2.75) is 0 Å². The van der Waals surface area contributed by atoms with Gasteiger partial charge in [0.1, 0.15) is 0 Å². The summed E-state index contributed by atoms with van der Waals surface area (Å²) in [4.78, 5) is 24.8. The first kappa shape index (κ1) is 18.5. The molecule has 29 heavy (non-hydrogen) atoms. The van der Waals surface area contributed by atoms with Crippen molar-refractivity contribution in [3.05, 3.63) is 130 Å². The Balaban J connectivity index is 1.97. The molecule has 0 amide bonds. The van der Waals surface area contributed by atoms with Crippen LogP contribution in [0.5, 0.6) is 0 Å². The molecule has 4 rings (SSSR count). The molecule has 2 aromatic carbocycles. The summed E-state index contributed by atoms with van der Waals surface area (Å²) in [7, 11) is -3.57. The second kappa shape index (κ2) is 8.03. The minimum Gasteiger partial charge on any atom is -0.411 e. The van der Waals surface area contributed by atoms with Crippen molar-refractivity contribution in [2.24, 2.45) is 0 Å². The topological polar surface area (TPSA) is 62.5 Å². The van der Waals surface area contributed by atoms with Crippen molar-refractivity contribution in [2.75, 3.05) is 0 Å². The number of aromatic nitrogens is 2. The normalized spacial score (nSPS) is 11.0. The first-order valence-electron chi connectivity index (χ1n) is 9.04. The number of benzene rings is 2. The monoisotopic (exact) mass is 402 g/mol. The van der Waals surface area contributed by atoms with Crippen LogP contribution in [0.1, 0.15) is 0 Å². The quantitative estimate of drug-likeness (QED) is 0.448. The number of hydrogen-bond acceptors (Lipinski definition) is 4. The molecule has 0 saturated heterocycles. The maximum atomic E-state index is 12.4. The Morgan fingerprint density at radius 3 is 1.28 bits per heavy atom. The molecule has 0 radical (unpaired) electrons. The molecule has 6 nitrogen and oxygen atoms in total. The Bertz CT molecular complexity index is 1110. The summed E-state index contributed by atoms with van der Waals surface area (Å²) in [5.41, 5.74) is -0.666. The lowest BCUT2D eigenvalue weighted by Crippen LogP contribution is -2.73. The summed E-state index contributed by atoms with van der Waals surface area (Å²) in [6.07, 6.45) is 3.07. The van der Waals surface area contributed by atoms with Crippen LogP contribution in [0.2, 0.25) is 0 Å². The smallest absolute Gasteiger partial charge is 0.411 e. The molecule has 144 valence electrons. The molecule has 4 aromatic rings. The second-order valence-corrected chi connectivity index (χ2v) is 9.01. The lowest BCUT2D eigenvalue weighted by Gasteiger charge is -2.31. The summed E-state index contributed by atoms with van der Waals surface area (Å²) < 4.78 is 15.0. The molecule has 7 heteroatoms. The van der Waals surface area contributed by atoms with Crippen LogP contribution in [-0.2, 0) is 0 Å². The lowest BCUT2D eigenvalue weighted by atomic mass is 10.4. The molecular weight excluding hydrogens is 384 g/mol. The predicted molar refractivity (Wildman–Crippen MR) is 112 cm³/mol. The van der Waals surface area contributed by atoms with Gasteiger partial charge in [-0.15, -0.1) is 0 Å². The molecule has 0 N–H and O–H groups in total. The van der Waals surface area contributed by atoms with Gasteiger partial charge in [0.05, 0.1) is 0 Å². The minimum atomic E-state index is -3.57. The molecule has 0 aliphatic carbocycles. The van der Waals surface area contributed by atoms with Crippen molar-refractivity contribution in [1.82, 2.24) is 9.46 Å². The fourth-order valence-electron chi connectivity index (χ4n) is 2.96. The Morgan fingerprint density at radius 1 is 0.517 bits per heavy atom. The van der Waals surface area contributed by atoms with Crippen molar-refractivity contribution in [3.63, 3.8) is 0 Å². The van der Waals surface area contributed by atoms with E-state index in [0.29, 0.717) is 0 Å². The summed E-state index contributed by atoms with van der Waals surface area (Å²) in [6.45, 7) is 0. The van der Waals surface area contributed by atoms with Gasteiger partial charge in [0, 0.05) is 34.9 Å². The molecule has 0 spiro atoms. The van der Waals surface area contributed by atoms with Gasteiger partial charge in [-0.2, -0.15) is 9.46 Å². The second-order valence-electron chi connectivity index (χ2n) is 6.26. The van der Waals surface area contributed by atoms with Crippen LogP contribution < -0.4 is 30.5 Å². The summed E-state index contributed by atoms with van der Waals surface area (Å²) in [6, 6.07) is 28.2. The summed E-state index contributed by atoms with van der Waals surface area (Å²) >= 11 is 0. The van der Waals surface area contributed by atoms with Crippen LogP contribution >= 0.6 is 0 Å². The molecule has 0 aliphatic heterocycles. The molecule has 2 heterocycles. The Hall–Kier alpha value is -3.84. The van der Waals surface area contributed by atoms with Gasteiger partial charge in [0.15, 0.2) is 0 Å². The van der Waals surface area contributed by atoms with Crippen LogP contribution in [-0.4, -0.2) is 18.0 Å². The van der Waals surface area contributed by atoms with Gasteiger partial charge in [-0.05, 0) is 12.1 Å². The average Bonchev–Trinajstić information content (AvgIpc) is 2.77. The third-order valence-corrected chi connectivity index (χ3v) is 7.43. The number of pyridine rings is 2. The van der Waals surface area contributed by atoms with Crippen molar-refractivity contribution >= 4 is 18.9 Å². The van der Waals surface area contributed by atoms with Gasteiger partial charge >= 0.3 is 8.56 Å². The van der Waals surface area contributed by atoms with Gasteiger partial charge in [-0.3, -0.25) is 9.59 Å². The van der Waals surface area contributed by atoms with E-state index in [0.717, 1.165) is 19.8 Å². The highest BCUT2D eigenvalue weighted by atomic mass is 28.4. The number of rotatable bonds is 6. The first-order valence-corrected chi connectivity index (χ1v) is 10.9. The predicted octanol–water partition coefficient (Wildman–Crippen LogP) is 0.824. The highest BCUT2D eigenvalue weighted by Crippen LogP contribution is 2.05. The Morgan fingerprint density at radius 2 is 0.897 bits per heavy atom. The zero-order valence-electron chi connectivity index (χ0n) is 15.4. The van der Waals surface area contributed by atoms with Crippen LogP contribution in [0.4, 0.5) is 0 Å². The maximum absolute atomic E-state index is 12.4. The fourth-order valence-corrected chi connectivity index (χ4v) is 5.87. The molecule has 0 fully saturated rings. The van der Waals surface area contributed by atoms with E-state index in [4.69, 9.17) is 9.05 Å². The van der Waals surface area contributed by atoms with Crippen LogP contribution in [0, 0.1) is 0 Å². The Labute approximate surface area is 168 Å². The number of hydrogen-bond donors (Lipinski definition) is 0. The largest absolute Gasteiger partial charge is 0.571 e. The van der Waals surface area contributed by atoms with E-state index < -0.39 is 8.56 Å². The van der Waals surface area contributed by atoms with Crippen LogP contribution in [0.25, 0.3) is 0 Å². The minimum absolute atomic E-state index is 0.333. The maximum Gasteiger partial charge on any atom is 0.571 e. The van der Waals surface area contributed by atoms with Gasteiger partial charge in [-0.1, -0.05) is 72.8 Å². The van der Waals surface area contributed by atoms with Crippen LogP contribution in [0.15, 0.2) is 119 Å². The van der Waals surface area contributed by atoms with Gasteiger partial charge < -0.3 is 9.05 Å². The zero-order valence-corrected chi connectivity index (χ0v) is 16.4. The molecule has 0 aliphatic rings. The summed E-state index contributed by atoms with van der Waals surface area (Å²) in [5.74, 6) is 0. The van der Waals surface area contributed by atoms with E-state index in [1.54, 1.807) is 24.3 Å². The van der Waals surface area contributed by atoms with E-state index in [-0.39, 0.29) is 11.1 Å². The van der Waals surface area contributed by atoms with Crippen molar-refractivity contribution < 1.29 is 9.05 Å². The third kappa shape index (κ3) is 3.76. The van der Waals surface area contributed by atoms with E-state index >= 15 is 0 Å². The standard InChI is InChI=1S/C22H18N2O4Si/c25-21-15-7-9-17-23(21)27-29(19-11-3-1-4-12-19,20-13-5-2-6-14-20)28-24-18-10-8-16-22(24)26/h1-18H. The van der Waals surface area contributed by atoms with Gasteiger partial charge in [-0.25, -0.2) is 0 Å². The molecule has 0 bridgehead atoms. The Kier molecular flexibility index (Phi) is 5.13. The summed E-state index contributed by atoms with van der Waals surface area (Å²) in [5, 5.41) is 1.50. The lowest BCUT2D eigenvalue weighted by molar-refractivity contribution is 0.149.